The van der Waals surface area contributed by atoms with Crippen LogP contribution in [0.1, 0.15) is 107 Å². The largest absolute Gasteiger partial charge is 0.390 e. The second kappa shape index (κ2) is 11.6. The van der Waals surface area contributed by atoms with Crippen molar-refractivity contribution in [1.29, 1.82) is 0 Å². The van der Waals surface area contributed by atoms with E-state index in [1.54, 1.807) is 12.4 Å². The second-order valence-electron chi connectivity index (χ2n) is 19.0. The zero-order valence-electron chi connectivity index (χ0n) is 31.4. The molecule has 1 aromatic rings. The Labute approximate surface area is 294 Å². The number of fused-ring (bicyclic) bond motifs is 4. The number of hydrogen-bond acceptors (Lipinski definition) is 9. The minimum absolute atomic E-state index is 0.00629. The van der Waals surface area contributed by atoms with Gasteiger partial charge in [-0.25, -0.2) is 9.97 Å². The summed E-state index contributed by atoms with van der Waals surface area (Å²) in [5.41, 5.74) is -0.593. The third-order valence-corrected chi connectivity index (χ3v) is 16.3. The highest BCUT2D eigenvalue weighted by molar-refractivity contribution is 5.33. The average Bonchev–Trinajstić information content (AvgIpc) is 3.69. The minimum Gasteiger partial charge on any atom is -0.390 e. The molecule has 7 fully saturated rings. The zero-order chi connectivity index (χ0) is 34.8. The van der Waals surface area contributed by atoms with Gasteiger partial charge in [-0.1, -0.05) is 34.6 Å². The van der Waals surface area contributed by atoms with Crippen LogP contribution in [0.2, 0.25) is 0 Å². The van der Waals surface area contributed by atoms with Gasteiger partial charge in [-0.05, 0) is 124 Å². The van der Waals surface area contributed by atoms with Gasteiger partial charge in [0.1, 0.15) is 6.10 Å². The normalized spacial score (nSPS) is 49.2. The van der Waals surface area contributed by atoms with Gasteiger partial charge in [0.05, 0.1) is 43.2 Å². The summed E-state index contributed by atoms with van der Waals surface area (Å²) >= 11 is 0. The number of rotatable bonds is 7. The molecule has 7 aliphatic rings. The molecule has 9 heteroatoms. The standard InChI is InChI=1S/C40H63N3O6/c1-9-46-33(36(5,6)45)25-21-24(2)30-31(48-25)32(44)38(8)27-12-11-26-35(3,4)28(13-14-39(26)23-40(27,39)16-15-37(30,38)7)49-29-22-43(19-20-47-29)34-41-17-10-18-42-34/h10,17-18,24-33,44-45H,9,11-16,19-23H2,1-8H3/t24-,25-,26+,27+,28+,29+,30+,31+,32+,33+,37-,38-,39?,40+/m1/s1. The Morgan fingerprint density at radius 3 is 2.47 bits per heavy atom. The van der Waals surface area contributed by atoms with Crippen molar-refractivity contribution in [2.75, 3.05) is 31.2 Å². The molecule has 274 valence electrons. The fourth-order valence-electron chi connectivity index (χ4n) is 14.2. The highest BCUT2D eigenvalue weighted by atomic mass is 16.7. The van der Waals surface area contributed by atoms with Crippen LogP contribution in [-0.4, -0.2) is 88.9 Å². The third kappa shape index (κ3) is 4.77. The quantitative estimate of drug-likeness (QED) is 0.358. The summed E-state index contributed by atoms with van der Waals surface area (Å²) in [5, 5.41) is 23.7. The molecule has 2 aliphatic heterocycles. The van der Waals surface area contributed by atoms with Gasteiger partial charge in [0.15, 0.2) is 6.29 Å². The van der Waals surface area contributed by atoms with Crippen molar-refractivity contribution in [3.8, 4) is 0 Å². The number of anilines is 1. The molecule has 0 radical (unpaired) electrons. The lowest BCUT2D eigenvalue weighted by Gasteiger charge is -2.64. The van der Waals surface area contributed by atoms with Crippen LogP contribution >= 0.6 is 0 Å². The van der Waals surface area contributed by atoms with E-state index in [4.69, 9.17) is 18.9 Å². The first-order valence-corrected chi connectivity index (χ1v) is 19.6. The summed E-state index contributed by atoms with van der Waals surface area (Å²) in [5.74, 6) is 2.50. The van der Waals surface area contributed by atoms with Crippen LogP contribution in [0.3, 0.4) is 0 Å². The molecule has 5 saturated carbocycles. The summed E-state index contributed by atoms with van der Waals surface area (Å²) in [6.07, 6.45) is 11.2. The molecular weight excluding hydrogens is 618 g/mol. The molecular formula is C40H63N3O6. The van der Waals surface area contributed by atoms with Gasteiger partial charge in [0, 0.05) is 31.0 Å². The van der Waals surface area contributed by atoms with E-state index in [-0.39, 0.29) is 46.3 Å². The van der Waals surface area contributed by atoms with Crippen LogP contribution in [0.5, 0.6) is 0 Å². The van der Waals surface area contributed by atoms with Crippen molar-refractivity contribution in [2.45, 2.75) is 149 Å². The maximum absolute atomic E-state index is 12.6. The van der Waals surface area contributed by atoms with Gasteiger partial charge in [0.25, 0.3) is 0 Å². The molecule has 0 amide bonds. The molecule has 1 aromatic heterocycles. The predicted molar refractivity (Wildman–Crippen MR) is 187 cm³/mol. The van der Waals surface area contributed by atoms with Crippen LogP contribution in [0.4, 0.5) is 5.95 Å². The monoisotopic (exact) mass is 681 g/mol. The summed E-state index contributed by atoms with van der Waals surface area (Å²) < 4.78 is 26.2. The Morgan fingerprint density at radius 1 is 1.04 bits per heavy atom. The summed E-state index contributed by atoms with van der Waals surface area (Å²) in [6, 6.07) is 1.85. The maximum atomic E-state index is 12.6. The molecule has 0 bridgehead atoms. The molecule has 9 nitrogen and oxygen atoms in total. The van der Waals surface area contributed by atoms with Crippen molar-refractivity contribution in [1.82, 2.24) is 9.97 Å². The van der Waals surface area contributed by atoms with Crippen LogP contribution in [-0.2, 0) is 18.9 Å². The number of ether oxygens (including phenoxy) is 4. The van der Waals surface area contributed by atoms with E-state index in [2.05, 4.69) is 49.5 Å². The van der Waals surface area contributed by atoms with E-state index in [1.165, 1.54) is 25.7 Å². The molecule has 5 aliphatic carbocycles. The molecule has 3 heterocycles. The number of aromatic nitrogens is 2. The van der Waals surface area contributed by atoms with E-state index >= 15 is 0 Å². The van der Waals surface area contributed by atoms with E-state index in [9.17, 15) is 10.2 Å². The fourth-order valence-corrected chi connectivity index (χ4v) is 14.2. The van der Waals surface area contributed by atoms with E-state index < -0.39 is 17.8 Å². The summed E-state index contributed by atoms with van der Waals surface area (Å²) in [7, 11) is 0. The molecule has 1 unspecified atom stereocenters. The first-order chi connectivity index (χ1) is 23.1. The van der Waals surface area contributed by atoms with E-state index in [1.807, 2.05) is 26.8 Å². The molecule has 2 spiro atoms. The molecule has 49 heavy (non-hydrogen) atoms. The average molecular weight is 682 g/mol. The highest BCUT2D eigenvalue weighted by Gasteiger charge is 2.84. The smallest absolute Gasteiger partial charge is 0.225 e. The second-order valence-corrected chi connectivity index (χ2v) is 19.0. The van der Waals surface area contributed by atoms with Gasteiger partial charge in [0.2, 0.25) is 5.95 Å². The Kier molecular flexibility index (Phi) is 8.20. The Morgan fingerprint density at radius 2 is 1.76 bits per heavy atom. The van der Waals surface area contributed by atoms with Gasteiger partial charge in [-0.15, -0.1) is 0 Å². The Hall–Kier alpha value is -1.36. The van der Waals surface area contributed by atoms with Crippen LogP contribution in [0.15, 0.2) is 18.5 Å². The Bertz CT molecular complexity index is 1390. The van der Waals surface area contributed by atoms with Crippen molar-refractivity contribution < 1.29 is 29.2 Å². The predicted octanol–water partition coefficient (Wildman–Crippen LogP) is 6.01. The highest BCUT2D eigenvalue weighted by Crippen LogP contribution is 2.89. The van der Waals surface area contributed by atoms with E-state index in [0.717, 1.165) is 38.2 Å². The SMILES string of the molecule is CCO[C@@H]([C@H]1C[C@@H](C)[C@H]2[C@H](O1)[C@H](O)[C@@]1(C)[C@@H]3CC[C@H]4C(C)(C)[C@@H](O[C@H]5CN(c6ncccn6)CCO5)CCC45C[C@@]35CC[C@]21C)C(C)(C)O. The van der Waals surface area contributed by atoms with Crippen LogP contribution < -0.4 is 4.90 Å². The first kappa shape index (κ1) is 34.7. The van der Waals surface area contributed by atoms with Gasteiger partial charge >= 0.3 is 0 Å². The topological polar surface area (TPSA) is 106 Å². The van der Waals surface area contributed by atoms with Gasteiger partial charge < -0.3 is 34.1 Å². The number of morpholine rings is 1. The lowest BCUT2D eigenvalue weighted by Crippen LogP contribution is -2.60. The number of hydrogen-bond donors (Lipinski definition) is 2. The van der Waals surface area contributed by atoms with Crippen LogP contribution in [0, 0.1) is 50.7 Å². The number of aliphatic hydroxyl groups excluding tert-OH is 1. The van der Waals surface area contributed by atoms with E-state index in [0.29, 0.717) is 48.8 Å². The fraction of sp³-hybridized carbons (Fsp3) is 0.900. The Balaban J connectivity index is 1.02. The number of aliphatic hydroxyl groups is 2. The maximum Gasteiger partial charge on any atom is 0.225 e. The number of nitrogens with zero attached hydrogens (tertiary/aromatic N) is 3. The lowest BCUT2D eigenvalue weighted by molar-refractivity contribution is -0.234. The molecule has 2 saturated heterocycles. The van der Waals surface area contributed by atoms with Crippen LogP contribution in [0.25, 0.3) is 0 Å². The zero-order valence-corrected chi connectivity index (χ0v) is 31.4. The van der Waals surface area contributed by atoms with Crippen molar-refractivity contribution in [2.24, 2.45) is 50.7 Å². The van der Waals surface area contributed by atoms with Crippen molar-refractivity contribution >= 4 is 5.95 Å². The summed E-state index contributed by atoms with van der Waals surface area (Å²) in [4.78, 5) is 11.1. The molecule has 8 rings (SSSR count). The first-order valence-electron chi connectivity index (χ1n) is 19.6. The van der Waals surface area contributed by atoms with Gasteiger partial charge in [-0.2, -0.15) is 0 Å². The third-order valence-electron chi connectivity index (χ3n) is 16.3. The molecule has 2 N–H and O–H groups in total. The molecule has 0 aromatic carbocycles. The van der Waals surface area contributed by atoms with Gasteiger partial charge in [-0.3, -0.25) is 0 Å². The van der Waals surface area contributed by atoms with Crippen molar-refractivity contribution in [3.63, 3.8) is 0 Å². The minimum atomic E-state index is -1.02. The molecule has 14 atom stereocenters. The summed E-state index contributed by atoms with van der Waals surface area (Å²) in [6.45, 7) is 20.5. The lowest BCUT2D eigenvalue weighted by atomic mass is 9.41. The van der Waals surface area contributed by atoms with Crippen molar-refractivity contribution in [3.05, 3.63) is 18.5 Å².